The summed E-state index contributed by atoms with van der Waals surface area (Å²) in [5.74, 6) is 0.602. The van der Waals surface area contributed by atoms with Crippen molar-refractivity contribution < 1.29 is 32.2 Å². The fourth-order valence-corrected chi connectivity index (χ4v) is 7.49. The first-order chi connectivity index (χ1) is 26.1. The first-order valence-electron chi connectivity index (χ1n) is 17.2. The number of nitrogens with one attached hydrogen (secondary N) is 1. The molecule has 3 aromatic carbocycles. The second-order valence-corrected chi connectivity index (χ2v) is 13.9. The number of alkyl halides is 3. The number of hydrogen-bond donors (Lipinski definition) is 1. The van der Waals surface area contributed by atoms with Gasteiger partial charge in [-0.2, -0.15) is 18.4 Å². The molecular weight excluding hydrogens is 722 g/mol. The molecule has 5 aromatic rings. The Morgan fingerprint density at radius 2 is 1.59 bits per heavy atom. The molecule has 0 radical (unpaired) electrons. The van der Waals surface area contributed by atoms with Crippen molar-refractivity contribution in [2.24, 2.45) is 0 Å². The quantitative estimate of drug-likeness (QED) is 0.177. The first-order valence-corrected chi connectivity index (χ1v) is 18.0. The third-order valence-corrected chi connectivity index (χ3v) is 10.2. The van der Waals surface area contributed by atoms with Crippen LogP contribution >= 0.6 is 11.3 Å². The lowest BCUT2D eigenvalue weighted by molar-refractivity contribution is -0.153. The summed E-state index contributed by atoms with van der Waals surface area (Å²) in [6.07, 6.45) is -2.10. The molecule has 1 fully saturated rings. The molecule has 1 N–H and O–H groups in total. The lowest BCUT2D eigenvalue weighted by Gasteiger charge is -2.34. The number of nitriles is 1. The number of para-hydroxylation sites is 1. The predicted molar refractivity (Wildman–Crippen MR) is 193 cm³/mol. The number of carbonyl (C=O) groups is 2. The average Bonchev–Trinajstić information content (AvgIpc) is 3.81. The van der Waals surface area contributed by atoms with Gasteiger partial charge in [0.2, 0.25) is 0 Å². The minimum absolute atomic E-state index is 0.140. The number of benzene rings is 3. The maximum absolute atomic E-state index is 13.5. The number of fused-ring (bicyclic) bond motifs is 1. The number of urea groups is 1. The standard InChI is InChI=1S/C38H35F3N8O4S/c39-38(40,41)25-53-31-10-6-26(7-11-31)21-46-16-18-47(19-17-46)37(51)43-35-33(20-42)32-14-15-48(23-34(32)54-35)36(50)27-8-12-30(13-9-27)52-24-28-22-49(45-44-28)29-4-2-1-3-5-29/h1-13,22H,14-19,21,23-25H2,(H,43,51). The van der Waals surface area contributed by atoms with Gasteiger partial charge in [0.05, 0.1) is 24.0 Å². The van der Waals surface area contributed by atoms with Gasteiger partial charge in [-0.15, -0.1) is 16.4 Å². The monoisotopic (exact) mass is 756 g/mol. The largest absolute Gasteiger partial charge is 0.487 e. The number of anilines is 1. The van der Waals surface area contributed by atoms with Crippen molar-refractivity contribution in [3.05, 3.63) is 118 Å². The second kappa shape index (κ2) is 16.0. The summed E-state index contributed by atoms with van der Waals surface area (Å²) in [6.45, 7) is 2.37. The van der Waals surface area contributed by atoms with Crippen molar-refractivity contribution in [1.29, 1.82) is 5.26 Å². The highest BCUT2D eigenvalue weighted by atomic mass is 32.1. The number of rotatable bonds is 10. The minimum Gasteiger partial charge on any atom is -0.487 e. The molecular formula is C38H35F3N8O4S. The number of aromatic nitrogens is 3. The fraction of sp³-hybridized carbons (Fsp3) is 0.289. The van der Waals surface area contributed by atoms with Crippen LogP contribution in [0.1, 0.15) is 37.6 Å². The van der Waals surface area contributed by atoms with Crippen LogP contribution in [0.2, 0.25) is 0 Å². The van der Waals surface area contributed by atoms with E-state index in [1.165, 1.54) is 23.5 Å². The van der Waals surface area contributed by atoms with E-state index in [9.17, 15) is 28.0 Å². The molecule has 12 nitrogen and oxygen atoms in total. The van der Waals surface area contributed by atoms with Gasteiger partial charge in [0.25, 0.3) is 5.91 Å². The molecule has 4 heterocycles. The third-order valence-electron chi connectivity index (χ3n) is 9.12. The maximum atomic E-state index is 13.5. The Labute approximate surface area is 312 Å². The summed E-state index contributed by atoms with van der Waals surface area (Å²) in [5, 5.41) is 21.8. The summed E-state index contributed by atoms with van der Waals surface area (Å²) < 4.78 is 49.6. The van der Waals surface area contributed by atoms with Crippen LogP contribution in [-0.2, 0) is 26.1 Å². The summed E-state index contributed by atoms with van der Waals surface area (Å²) in [7, 11) is 0. The van der Waals surface area contributed by atoms with Gasteiger partial charge in [0.1, 0.15) is 34.9 Å². The molecule has 2 aliphatic rings. The molecule has 2 aromatic heterocycles. The lowest BCUT2D eigenvalue weighted by atomic mass is 10.0. The van der Waals surface area contributed by atoms with Crippen molar-refractivity contribution in [1.82, 2.24) is 29.7 Å². The van der Waals surface area contributed by atoms with E-state index in [1.807, 2.05) is 30.3 Å². The van der Waals surface area contributed by atoms with Crippen molar-refractivity contribution in [2.45, 2.75) is 32.3 Å². The Balaban J connectivity index is 0.890. The van der Waals surface area contributed by atoms with Crippen molar-refractivity contribution in [2.75, 3.05) is 44.6 Å². The molecule has 3 amide bonds. The van der Waals surface area contributed by atoms with Crippen molar-refractivity contribution >= 4 is 28.3 Å². The maximum Gasteiger partial charge on any atom is 0.422 e. The highest BCUT2D eigenvalue weighted by Gasteiger charge is 2.30. The van der Waals surface area contributed by atoms with E-state index in [0.717, 1.165) is 21.7 Å². The number of carbonyl (C=O) groups excluding carboxylic acids is 2. The Bertz CT molecular complexity index is 2120. The van der Waals surface area contributed by atoms with E-state index in [4.69, 9.17) is 9.47 Å². The van der Waals surface area contributed by atoms with Gasteiger partial charge in [-0.05, 0) is 66.1 Å². The summed E-state index contributed by atoms with van der Waals surface area (Å²) in [4.78, 5) is 33.2. The zero-order chi connectivity index (χ0) is 37.7. The molecule has 2 aliphatic heterocycles. The first kappa shape index (κ1) is 36.4. The fourth-order valence-electron chi connectivity index (χ4n) is 6.29. The number of thiophene rings is 1. The zero-order valence-electron chi connectivity index (χ0n) is 29.0. The van der Waals surface area contributed by atoms with Crippen LogP contribution in [0, 0.1) is 11.3 Å². The van der Waals surface area contributed by atoms with E-state index < -0.39 is 12.8 Å². The van der Waals surface area contributed by atoms with Crippen LogP contribution in [0.5, 0.6) is 11.5 Å². The topological polar surface area (TPSA) is 129 Å². The van der Waals surface area contributed by atoms with Crippen molar-refractivity contribution in [3.8, 4) is 23.3 Å². The summed E-state index contributed by atoms with van der Waals surface area (Å²) >= 11 is 1.32. The van der Waals surface area contributed by atoms with Crippen LogP contribution in [0.3, 0.4) is 0 Å². The Morgan fingerprint density at radius 1 is 0.889 bits per heavy atom. The van der Waals surface area contributed by atoms with E-state index in [0.29, 0.717) is 79.8 Å². The van der Waals surface area contributed by atoms with Gasteiger partial charge in [0, 0.05) is 49.7 Å². The van der Waals surface area contributed by atoms with E-state index in [1.54, 1.807) is 57.1 Å². The van der Waals surface area contributed by atoms with Crippen LogP contribution < -0.4 is 14.8 Å². The third kappa shape index (κ3) is 8.81. The van der Waals surface area contributed by atoms with Crippen LogP contribution in [0.15, 0.2) is 85.1 Å². The van der Waals surface area contributed by atoms with Crippen LogP contribution in [0.25, 0.3) is 5.69 Å². The van der Waals surface area contributed by atoms with Crippen LogP contribution in [-0.4, -0.2) is 87.1 Å². The predicted octanol–water partition coefficient (Wildman–Crippen LogP) is 6.27. The molecule has 1 saturated heterocycles. The highest BCUT2D eigenvalue weighted by Crippen LogP contribution is 2.37. The number of nitrogens with zero attached hydrogens (tertiary/aromatic N) is 7. The summed E-state index contributed by atoms with van der Waals surface area (Å²) in [6, 6.07) is 25.1. The lowest BCUT2D eigenvalue weighted by Crippen LogP contribution is -2.49. The Morgan fingerprint density at radius 3 is 2.30 bits per heavy atom. The number of halogens is 3. The van der Waals surface area contributed by atoms with Gasteiger partial charge < -0.3 is 19.3 Å². The van der Waals surface area contributed by atoms with Gasteiger partial charge >= 0.3 is 12.2 Å². The van der Waals surface area contributed by atoms with Gasteiger partial charge in [-0.3, -0.25) is 15.0 Å². The molecule has 0 bridgehead atoms. The zero-order valence-corrected chi connectivity index (χ0v) is 29.8. The smallest absolute Gasteiger partial charge is 0.422 e. The van der Waals surface area contributed by atoms with Gasteiger partial charge in [-0.25, -0.2) is 9.48 Å². The molecule has 0 aliphatic carbocycles. The molecule has 0 atom stereocenters. The number of amides is 3. The number of ether oxygens (including phenoxy) is 2. The van der Waals surface area contributed by atoms with Crippen LogP contribution in [0.4, 0.5) is 23.0 Å². The SMILES string of the molecule is N#Cc1c(NC(=O)N2CCN(Cc3ccc(OCC(F)(F)F)cc3)CC2)sc2c1CCN(C(=O)c1ccc(OCc3cn(-c4ccccc4)nn3)cc1)C2. The molecule has 7 rings (SSSR count). The highest BCUT2D eigenvalue weighted by molar-refractivity contribution is 7.16. The summed E-state index contributed by atoms with van der Waals surface area (Å²) in [5.41, 5.74) is 4.28. The number of hydrogen-bond acceptors (Lipinski definition) is 9. The van der Waals surface area contributed by atoms with Gasteiger partial charge in [-0.1, -0.05) is 35.5 Å². The van der Waals surface area contributed by atoms with Gasteiger partial charge in [0.15, 0.2) is 6.61 Å². The van der Waals surface area contributed by atoms with E-state index in [-0.39, 0.29) is 24.3 Å². The Hall–Kier alpha value is -5.92. The van der Waals surface area contributed by atoms with E-state index >= 15 is 0 Å². The van der Waals surface area contributed by atoms with E-state index in [2.05, 4.69) is 26.6 Å². The molecule has 54 heavy (non-hydrogen) atoms. The molecule has 0 unspecified atom stereocenters. The normalized spacial score (nSPS) is 14.6. The molecule has 0 saturated carbocycles. The Kier molecular flexibility index (Phi) is 10.8. The van der Waals surface area contributed by atoms with Crippen molar-refractivity contribution in [3.63, 3.8) is 0 Å². The molecule has 278 valence electrons. The molecule has 0 spiro atoms. The molecule has 16 heteroatoms. The second-order valence-electron chi connectivity index (χ2n) is 12.8. The minimum atomic E-state index is -4.40. The average molecular weight is 757 g/mol. The number of piperazine rings is 1.